The summed E-state index contributed by atoms with van der Waals surface area (Å²) in [5.41, 5.74) is 0. The second-order valence-electron chi connectivity index (χ2n) is 33.5. The van der Waals surface area contributed by atoms with Gasteiger partial charge in [-0.3, -0.25) is 37.3 Å². The van der Waals surface area contributed by atoms with Gasteiger partial charge >= 0.3 is 39.5 Å². The monoisotopic (exact) mass is 1620 g/mol. The van der Waals surface area contributed by atoms with E-state index in [1.807, 2.05) is 0 Å². The fourth-order valence-electron chi connectivity index (χ4n) is 14.5. The van der Waals surface area contributed by atoms with Gasteiger partial charge in [0.2, 0.25) is 0 Å². The SMILES string of the molecule is CCCCCCCCCCCCCCCCCCCCCCCCC(=O)O[C@H](COC(=O)CCCCCCCCCCCCCCCCCCCCC)COP(=O)(O)OC[C@@H](O)COP(=O)(O)OC[C@@H](COC(=O)CCCCCCCCCCCCCC)OC(=O)CCCCCCCCCCCCCCCCCC(C)C. The fourth-order valence-corrected chi connectivity index (χ4v) is 16.1. The summed E-state index contributed by atoms with van der Waals surface area (Å²) in [7, 11) is -9.94. The Morgan fingerprint density at radius 3 is 0.613 bits per heavy atom. The van der Waals surface area contributed by atoms with Gasteiger partial charge in [0.25, 0.3) is 0 Å². The van der Waals surface area contributed by atoms with Gasteiger partial charge in [0.15, 0.2) is 12.2 Å². The van der Waals surface area contributed by atoms with E-state index in [2.05, 4.69) is 34.6 Å². The normalized spacial score (nSPS) is 13.7. The maximum atomic E-state index is 13.2. The molecule has 5 atom stereocenters. The van der Waals surface area contributed by atoms with Crippen LogP contribution in [0.3, 0.4) is 0 Å². The Bertz CT molecular complexity index is 2100. The van der Waals surface area contributed by atoms with Gasteiger partial charge < -0.3 is 33.8 Å². The van der Waals surface area contributed by atoms with Crippen LogP contribution in [0.4, 0.5) is 0 Å². The van der Waals surface area contributed by atoms with E-state index < -0.39 is 97.5 Å². The van der Waals surface area contributed by atoms with Crippen molar-refractivity contribution >= 4 is 39.5 Å². The first-order valence-electron chi connectivity index (χ1n) is 47.6. The number of esters is 4. The molecule has 0 amide bonds. The molecule has 0 heterocycles. The highest BCUT2D eigenvalue weighted by molar-refractivity contribution is 7.47. The molecule has 0 saturated heterocycles. The van der Waals surface area contributed by atoms with Gasteiger partial charge in [-0.25, -0.2) is 9.13 Å². The standard InChI is InChI=1S/C92H180O17P2/c1-6-9-12-15-18-21-24-27-29-31-33-34-35-37-39-43-47-52-57-62-67-72-77-91(96)109-88(82-103-90(95)76-71-66-61-56-51-46-42-38-36-32-30-28-25-22-19-16-13-10-7-2)84-107-111(100,101)105-80-86(93)79-104-110(98,99)106-83-87(81-102-89(94)75-70-65-60-55-50-26-23-20-17-14-11-8-3)108-92(97)78-73-68-63-58-53-48-44-40-41-45-49-54-59-64-69-74-85(4)5/h85-88,93H,6-84H2,1-5H3,(H,98,99)(H,100,101)/t86-,87+,88+/m0/s1. The van der Waals surface area contributed by atoms with Gasteiger partial charge in [0.05, 0.1) is 26.4 Å². The predicted octanol–water partition coefficient (Wildman–Crippen LogP) is 28.7. The van der Waals surface area contributed by atoms with Gasteiger partial charge in [0, 0.05) is 25.7 Å². The minimum Gasteiger partial charge on any atom is -0.462 e. The molecule has 0 saturated carbocycles. The summed E-state index contributed by atoms with van der Waals surface area (Å²) in [4.78, 5) is 73.5. The van der Waals surface area contributed by atoms with Crippen LogP contribution < -0.4 is 0 Å². The summed E-state index contributed by atoms with van der Waals surface area (Å²) in [6.45, 7) is 7.43. The third kappa shape index (κ3) is 85.8. The Hall–Kier alpha value is -1.94. The third-order valence-electron chi connectivity index (χ3n) is 21.8. The molecule has 0 aromatic carbocycles. The Morgan fingerprint density at radius 2 is 0.414 bits per heavy atom. The van der Waals surface area contributed by atoms with Gasteiger partial charge in [-0.2, -0.15) is 0 Å². The first-order chi connectivity index (χ1) is 54.0. The van der Waals surface area contributed by atoms with E-state index >= 15 is 0 Å². The Balaban J connectivity index is 5.24. The molecule has 0 bridgehead atoms. The maximum absolute atomic E-state index is 13.2. The number of phosphoric acid groups is 2. The molecule has 19 heteroatoms. The average molecular weight is 1620 g/mol. The third-order valence-corrected chi connectivity index (χ3v) is 23.7. The van der Waals surface area contributed by atoms with Crippen molar-refractivity contribution in [1.82, 2.24) is 0 Å². The Labute approximate surface area is 683 Å². The summed E-state index contributed by atoms with van der Waals surface area (Å²) in [5, 5.41) is 10.7. The molecule has 0 spiro atoms. The van der Waals surface area contributed by atoms with Crippen molar-refractivity contribution in [3.8, 4) is 0 Å². The van der Waals surface area contributed by atoms with Crippen LogP contribution in [0.15, 0.2) is 0 Å². The molecule has 660 valence electrons. The number of rotatable bonds is 92. The molecule has 0 aliphatic rings. The highest BCUT2D eigenvalue weighted by Gasteiger charge is 2.31. The maximum Gasteiger partial charge on any atom is 0.472 e. The number of hydrogen-bond donors (Lipinski definition) is 3. The quantitative estimate of drug-likeness (QED) is 0.0222. The number of aliphatic hydroxyl groups is 1. The molecule has 0 rings (SSSR count). The van der Waals surface area contributed by atoms with Gasteiger partial charge in [-0.15, -0.1) is 0 Å². The van der Waals surface area contributed by atoms with E-state index in [4.69, 9.17) is 37.0 Å². The van der Waals surface area contributed by atoms with Crippen LogP contribution in [-0.2, 0) is 65.4 Å². The number of unbranched alkanes of at least 4 members (excludes halogenated alkanes) is 64. The van der Waals surface area contributed by atoms with Crippen molar-refractivity contribution in [2.24, 2.45) is 5.92 Å². The zero-order chi connectivity index (χ0) is 81.1. The Morgan fingerprint density at radius 1 is 0.243 bits per heavy atom. The zero-order valence-corrected chi connectivity index (χ0v) is 74.9. The summed E-state index contributed by atoms with van der Waals surface area (Å²) < 4.78 is 69.1. The van der Waals surface area contributed by atoms with E-state index in [-0.39, 0.29) is 25.7 Å². The number of carbonyl (C=O) groups excluding carboxylic acids is 4. The minimum absolute atomic E-state index is 0.109. The molecule has 0 aromatic heterocycles. The van der Waals surface area contributed by atoms with Crippen molar-refractivity contribution < 1.29 is 80.2 Å². The lowest BCUT2D eigenvalue weighted by Gasteiger charge is -2.21. The van der Waals surface area contributed by atoms with Crippen molar-refractivity contribution in [3.63, 3.8) is 0 Å². The molecule has 17 nitrogen and oxygen atoms in total. The number of ether oxygens (including phenoxy) is 4. The van der Waals surface area contributed by atoms with E-state index in [0.29, 0.717) is 25.7 Å². The Kier molecular flexibility index (Phi) is 83.0. The molecular weight excluding hydrogens is 1440 g/mol. The van der Waals surface area contributed by atoms with Crippen LogP contribution in [0.2, 0.25) is 0 Å². The van der Waals surface area contributed by atoms with Gasteiger partial charge in [-0.1, -0.05) is 452 Å². The van der Waals surface area contributed by atoms with E-state index in [1.165, 1.54) is 327 Å². The first-order valence-corrected chi connectivity index (χ1v) is 50.6. The molecule has 3 N–H and O–H groups in total. The van der Waals surface area contributed by atoms with Crippen molar-refractivity contribution in [2.45, 2.75) is 522 Å². The van der Waals surface area contributed by atoms with Crippen LogP contribution in [0.1, 0.15) is 503 Å². The van der Waals surface area contributed by atoms with Gasteiger partial charge in [0.1, 0.15) is 19.3 Å². The molecule has 0 aromatic rings. The second kappa shape index (κ2) is 84.5. The smallest absolute Gasteiger partial charge is 0.462 e. The van der Waals surface area contributed by atoms with Crippen LogP contribution in [0, 0.1) is 5.92 Å². The second-order valence-corrected chi connectivity index (χ2v) is 36.4. The van der Waals surface area contributed by atoms with Crippen LogP contribution >= 0.6 is 15.6 Å². The summed E-state index contributed by atoms with van der Waals surface area (Å²) in [5.74, 6) is -1.29. The van der Waals surface area contributed by atoms with Crippen LogP contribution in [0.25, 0.3) is 0 Å². The van der Waals surface area contributed by atoms with Crippen LogP contribution in [-0.4, -0.2) is 96.7 Å². The van der Waals surface area contributed by atoms with Crippen molar-refractivity contribution in [2.75, 3.05) is 39.6 Å². The lowest BCUT2D eigenvalue weighted by atomic mass is 10.0. The van der Waals surface area contributed by atoms with Crippen molar-refractivity contribution in [3.05, 3.63) is 0 Å². The molecule has 0 aliphatic heterocycles. The topological polar surface area (TPSA) is 237 Å². The molecule has 0 fully saturated rings. The summed E-state index contributed by atoms with van der Waals surface area (Å²) >= 11 is 0. The first kappa shape index (κ1) is 109. The minimum atomic E-state index is -4.97. The summed E-state index contributed by atoms with van der Waals surface area (Å²) in [6, 6.07) is 0. The largest absolute Gasteiger partial charge is 0.472 e. The number of aliphatic hydroxyl groups excluding tert-OH is 1. The van der Waals surface area contributed by atoms with E-state index in [1.54, 1.807) is 0 Å². The van der Waals surface area contributed by atoms with Gasteiger partial charge in [-0.05, 0) is 31.6 Å². The number of carbonyl (C=O) groups is 4. The predicted molar refractivity (Wildman–Crippen MR) is 460 cm³/mol. The van der Waals surface area contributed by atoms with Crippen LogP contribution in [0.5, 0.6) is 0 Å². The molecule has 0 aliphatic carbocycles. The van der Waals surface area contributed by atoms with Crippen molar-refractivity contribution in [1.29, 1.82) is 0 Å². The summed E-state index contributed by atoms with van der Waals surface area (Å²) in [6.07, 6.45) is 80.6. The molecule has 111 heavy (non-hydrogen) atoms. The molecule has 2 unspecified atom stereocenters. The molecular formula is C92H180O17P2. The fraction of sp³-hybridized carbons (Fsp3) is 0.957. The van der Waals surface area contributed by atoms with E-state index in [0.717, 1.165) is 95.8 Å². The number of hydrogen-bond acceptors (Lipinski definition) is 15. The molecule has 0 radical (unpaired) electrons. The average Bonchev–Trinajstić information content (AvgIpc) is 0.899. The lowest BCUT2D eigenvalue weighted by molar-refractivity contribution is -0.161. The zero-order valence-electron chi connectivity index (χ0n) is 73.1. The highest BCUT2D eigenvalue weighted by Crippen LogP contribution is 2.45. The number of phosphoric ester groups is 2. The van der Waals surface area contributed by atoms with E-state index in [9.17, 15) is 43.2 Å². The lowest BCUT2D eigenvalue weighted by Crippen LogP contribution is -2.30. The highest BCUT2D eigenvalue weighted by atomic mass is 31.2.